The van der Waals surface area contributed by atoms with E-state index in [9.17, 15) is 0 Å². The largest absolute Gasteiger partial charge is 0.382 e. The molecule has 0 fully saturated rings. The van der Waals surface area contributed by atoms with E-state index in [-0.39, 0.29) is 0 Å². The second kappa shape index (κ2) is 2.85. The average Bonchev–Trinajstić information content (AvgIpc) is 2.07. The fraction of sp³-hybridized carbons (Fsp3) is 0. The van der Waals surface area contributed by atoms with Crippen molar-refractivity contribution in [3.63, 3.8) is 0 Å². The summed E-state index contributed by atoms with van der Waals surface area (Å²) in [6.07, 6.45) is 1.57. The molecule has 0 aliphatic heterocycles. The van der Waals surface area contributed by atoms with Gasteiger partial charge in [-0.05, 0) is 34.7 Å². The summed E-state index contributed by atoms with van der Waals surface area (Å²) >= 11 is 2.22. The Bertz CT molecular complexity index is 428. The number of halogens is 1. The Balaban J connectivity index is 2.88. The molecule has 0 spiro atoms. The number of aromatic nitrogens is 2. The van der Waals surface area contributed by atoms with E-state index in [1.807, 2.05) is 18.2 Å². The predicted molar refractivity (Wildman–Crippen MR) is 56.7 cm³/mol. The molecular weight excluding hydrogens is 265 g/mol. The van der Waals surface area contributed by atoms with Crippen molar-refractivity contribution in [2.24, 2.45) is 0 Å². The molecule has 2 rings (SSSR count). The van der Waals surface area contributed by atoms with E-state index in [4.69, 9.17) is 5.73 Å². The Morgan fingerprint density at radius 2 is 2.17 bits per heavy atom. The standard InChI is InChI=1S/C8H6IN3/c9-5-2-1-3-6-8(5)12-7(10)4-11-6/h1-4H,(H2,10,12). The van der Waals surface area contributed by atoms with Crippen LogP contribution in [0.15, 0.2) is 24.4 Å². The van der Waals surface area contributed by atoms with E-state index < -0.39 is 0 Å². The van der Waals surface area contributed by atoms with Crippen molar-refractivity contribution in [1.82, 2.24) is 9.97 Å². The van der Waals surface area contributed by atoms with Crippen molar-refractivity contribution >= 4 is 39.4 Å². The number of hydrogen-bond acceptors (Lipinski definition) is 3. The van der Waals surface area contributed by atoms with Gasteiger partial charge in [0.25, 0.3) is 0 Å². The number of nitrogen functional groups attached to an aromatic ring is 1. The van der Waals surface area contributed by atoms with Crippen molar-refractivity contribution in [1.29, 1.82) is 0 Å². The van der Waals surface area contributed by atoms with E-state index in [1.165, 1.54) is 0 Å². The van der Waals surface area contributed by atoms with Crippen molar-refractivity contribution in [3.05, 3.63) is 28.0 Å². The molecule has 1 aromatic carbocycles. The lowest BCUT2D eigenvalue weighted by Gasteiger charge is -1.98. The van der Waals surface area contributed by atoms with Gasteiger partial charge in [0.1, 0.15) is 11.3 Å². The molecule has 3 nitrogen and oxygen atoms in total. The summed E-state index contributed by atoms with van der Waals surface area (Å²) in [6.45, 7) is 0. The van der Waals surface area contributed by atoms with Gasteiger partial charge >= 0.3 is 0 Å². The highest BCUT2D eigenvalue weighted by Gasteiger charge is 1.99. The fourth-order valence-electron chi connectivity index (χ4n) is 1.01. The van der Waals surface area contributed by atoms with Crippen LogP contribution in [0.2, 0.25) is 0 Å². The second-order valence-corrected chi connectivity index (χ2v) is 3.56. The second-order valence-electron chi connectivity index (χ2n) is 2.40. The highest BCUT2D eigenvalue weighted by Crippen LogP contribution is 2.16. The minimum Gasteiger partial charge on any atom is -0.382 e. The quantitative estimate of drug-likeness (QED) is 0.743. The Kier molecular flexibility index (Phi) is 1.84. The van der Waals surface area contributed by atoms with Gasteiger partial charge in [0, 0.05) is 3.57 Å². The van der Waals surface area contributed by atoms with Crippen LogP contribution in [0.3, 0.4) is 0 Å². The van der Waals surface area contributed by atoms with Crippen molar-refractivity contribution in [2.45, 2.75) is 0 Å². The zero-order valence-electron chi connectivity index (χ0n) is 6.16. The van der Waals surface area contributed by atoms with Crippen LogP contribution in [-0.2, 0) is 0 Å². The Labute approximate surface area is 83.2 Å². The average molecular weight is 271 g/mol. The molecule has 0 aliphatic carbocycles. The van der Waals surface area contributed by atoms with Gasteiger partial charge in [-0.1, -0.05) is 6.07 Å². The van der Waals surface area contributed by atoms with Crippen molar-refractivity contribution < 1.29 is 0 Å². The van der Waals surface area contributed by atoms with E-state index >= 15 is 0 Å². The summed E-state index contributed by atoms with van der Waals surface area (Å²) in [6, 6.07) is 5.86. The van der Waals surface area contributed by atoms with E-state index in [1.54, 1.807) is 6.20 Å². The zero-order valence-corrected chi connectivity index (χ0v) is 8.32. The molecule has 0 aliphatic rings. The number of para-hydroxylation sites is 1. The van der Waals surface area contributed by atoms with Gasteiger partial charge in [0.2, 0.25) is 0 Å². The Hall–Kier alpha value is -0.910. The summed E-state index contributed by atoms with van der Waals surface area (Å²) < 4.78 is 1.07. The topological polar surface area (TPSA) is 51.8 Å². The first kappa shape index (κ1) is 7.72. The number of fused-ring (bicyclic) bond motifs is 1. The summed E-state index contributed by atoms with van der Waals surface area (Å²) in [5.41, 5.74) is 7.27. The Morgan fingerprint density at radius 1 is 1.33 bits per heavy atom. The maximum atomic E-state index is 5.52. The lowest BCUT2D eigenvalue weighted by Crippen LogP contribution is -1.93. The molecule has 0 atom stereocenters. The predicted octanol–water partition coefficient (Wildman–Crippen LogP) is 1.82. The summed E-state index contributed by atoms with van der Waals surface area (Å²) in [5, 5.41) is 0. The molecule has 0 unspecified atom stereocenters. The molecule has 12 heavy (non-hydrogen) atoms. The highest BCUT2D eigenvalue weighted by molar-refractivity contribution is 14.1. The van der Waals surface area contributed by atoms with Gasteiger partial charge in [-0.15, -0.1) is 0 Å². The third-order valence-corrected chi connectivity index (χ3v) is 2.41. The lowest BCUT2D eigenvalue weighted by molar-refractivity contribution is 1.29. The summed E-state index contributed by atoms with van der Waals surface area (Å²) in [7, 11) is 0. The normalized spacial score (nSPS) is 10.4. The van der Waals surface area contributed by atoms with Gasteiger partial charge < -0.3 is 5.73 Å². The minimum atomic E-state index is 0.464. The van der Waals surface area contributed by atoms with Crippen LogP contribution in [0.4, 0.5) is 5.82 Å². The third kappa shape index (κ3) is 1.22. The smallest absolute Gasteiger partial charge is 0.142 e. The Morgan fingerprint density at radius 3 is 3.00 bits per heavy atom. The number of benzene rings is 1. The first-order valence-corrected chi connectivity index (χ1v) is 4.52. The molecule has 0 amide bonds. The van der Waals surface area contributed by atoms with Crippen molar-refractivity contribution in [3.8, 4) is 0 Å². The lowest BCUT2D eigenvalue weighted by atomic mass is 10.3. The molecule has 60 valence electrons. The van der Waals surface area contributed by atoms with E-state index in [0.29, 0.717) is 5.82 Å². The van der Waals surface area contributed by atoms with Crippen LogP contribution >= 0.6 is 22.6 Å². The fourth-order valence-corrected chi connectivity index (χ4v) is 1.62. The summed E-state index contributed by atoms with van der Waals surface area (Å²) in [5.74, 6) is 0.464. The van der Waals surface area contributed by atoms with Crippen LogP contribution in [0.25, 0.3) is 11.0 Å². The number of hydrogen-bond donors (Lipinski definition) is 1. The summed E-state index contributed by atoms with van der Waals surface area (Å²) in [4.78, 5) is 8.33. The van der Waals surface area contributed by atoms with Crippen LogP contribution < -0.4 is 5.73 Å². The molecule has 1 aromatic heterocycles. The molecule has 0 radical (unpaired) electrons. The number of nitrogens with two attached hydrogens (primary N) is 1. The zero-order chi connectivity index (χ0) is 8.55. The van der Waals surface area contributed by atoms with Crippen LogP contribution in [-0.4, -0.2) is 9.97 Å². The number of anilines is 1. The molecule has 1 heterocycles. The SMILES string of the molecule is Nc1cnc2cccc(I)c2n1. The van der Waals surface area contributed by atoms with Crippen LogP contribution in [0.1, 0.15) is 0 Å². The maximum absolute atomic E-state index is 5.52. The van der Waals surface area contributed by atoms with Gasteiger partial charge in [-0.3, -0.25) is 4.98 Å². The van der Waals surface area contributed by atoms with E-state index in [0.717, 1.165) is 14.6 Å². The van der Waals surface area contributed by atoms with Gasteiger partial charge in [0.05, 0.1) is 11.7 Å². The molecule has 4 heteroatoms. The molecule has 0 saturated carbocycles. The van der Waals surface area contributed by atoms with E-state index in [2.05, 4.69) is 32.6 Å². The molecule has 0 bridgehead atoms. The van der Waals surface area contributed by atoms with Gasteiger partial charge in [0.15, 0.2) is 0 Å². The number of nitrogens with zero attached hydrogens (tertiary/aromatic N) is 2. The third-order valence-electron chi connectivity index (χ3n) is 1.54. The molecule has 2 aromatic rings. The van der Waals surface area contributed by atoms with Gasteiger partial charge in [-0.25, -0.2) is 4.98 Å². The molecule has 2 N–H and O–H groups in total. The maximum Gasteiger partial charge on any atom is 0.142 e. The van der Waals surface area contributed by atoms with Crippen LogP contribution in [0.5, 0.6) is 0 Å². The van der Waals surface area contributed by atoms with Crippen molar-refractivity contribution in [2.75, 3.05) is 5.73 Å². The van der Waals surface area contributed by atoms with Crippen LogP contribution in [0, 0.1) is 3.57 Å². The first-order chi connectivity index (χ1) is 5.77. The first-order valence-electron chi connectivity index (χ1n) is 3.44. The monoisotopic (exact) mass is 271 g/mol. The minimum absolute atomic E-state index is 0.464. The molecule has 0 saturated heterocycles. The molecular formula is C8H6IN3. The highest BCUT2D eigenvalue weighted by atomic mass is 127. The van der Waals surface area contributed by atoms with Gasteiger partial charge in [-0.2, -0.15) is 0 Å². The number of rotatable bonds is 0.